The van der Waals surface area contributed by atoms with Gasteiger partial charge in [0.05, 0.1) is 0 Å². The maximum Gasteiger partial charge on any atom is 0.290 e. The van der Waals surface area contributed by atoms with Crippen molar-refractivity contribution < 1.29 is 19.1 Å². The van der Waals surface area contributed by atoms with Crippen molar-refractivity contribution in [3.05, 3.63) is 46.1 Å². The van der Waals surface area contributed by atoms with E-state index in [0.29, 0.717) is 15.8 Å². The third-order valence-corrected chi connectivity index (χ3v) is 2.27. The molecule has 6 heteroatoms. The Morgan fingerprint density at radius 3 is 2.35 bits per heavy atom. The highest BCUT2D eigenvalue weighted by atomic mass is 35.5. The highest BCUT2D eigenvalue weighted by Gasteiger charge is 2.06. The molecule has 2 rings (SSSR count). The van der Waals surface area contributed by atoms with E-state index in [1.165, 1.54) is 24.3 Å². The number of hydrogen-bond donors (Lipinski definition) is 0. The second-order valence-electron chi connectivity index (χ2n) is 3.11. The molecule has 17 heavy (non-hydrogen) atoms. The van der Waals surface area contributed by atoms with Crippen LogP contribution in [0.25, 0.3) is 0 Å². The van der Waals surface area contributed by atoms with Gasteiger partial charge in [-0.2, -0.15) is 0 Å². The average molecular weight is 272 g/mol. The summed E-state index contributed by atoms with van der Waals surface area (Å²) in [5.41, 5.74) is 0. The third-order valence-electron chi connectivity index (χ3n) is 1.84. The van der Waals surface area contributed by atoms with E-state index in [1.807, 2.05) is 0 Å². The van der Waals surface area contributed by atoms with Crippen LogP contribution in [-0.4, -0.2) is 5.97 Å². The minimum atomic E-state index is -1.41. The van der Waals surface area contributed by atoms with E-state index in [1.54, 1.807) is 6.07 Å². The highest BCUT2D eigenvalue weighted by Crippen LogP contribution is 2.29. The Labute approximate surface area is 106 Å². The standard InChI is InChI=1S/C11H6Cl2O4/c12-6-3-7(13)5-8(4-6)16-10-2-1-9(17-10)11(14)15/h1-5H,(H,14,15)/p-1. The van der Waals surface area contributed by atoms with E-state index in [0.717, 1.165) is 0 Å². The lowest BCUT2D eigenvalue weighted by Crippen LogP contribution is -2.21. The molecule has 88 valence electrons. The van der Waals surface area contributed by atoms with Crippen LogP contribution in [0.3, 0.4) is 0 Å². The van der Waals surface area contributed by atoms with E-state index in [-0.39, 0.29) is 11.7 Å². The number of carboxylic acids is 1. The monoisotopic (exact) mass is 271 g/mol. The summed E-state index contributed by atoms with van der Waals surface area (Å²) in [6, 6.07) is 7.19. The van der Waals surface area contributed by atoms with Crippen molar-refractivity contribution in [1.82, 2.24) is 0 Å². The minimum Gasteiger partial charge on any atom is -0.542 e. The average Bonchev–Trinajstić information content (AvgIpc) is 2.64. The van der Waals surface area contributed by atoms with Crippen molar-refractivity contribution in [2.24, 2.45) is 0 Å². The van der Waals surface area contributed by atoms with E-state index in [2.05, 4.69) is 0 Å². The molecule has 0 fully saturated rings. The van der Waals surface area contributed by atoms with E-state index in [4.69, 9.17) is 32.4 Å². The number of hydrogen-bond acceptors (Lipinski definition) is 4. The van der Waals surface area contributed by atoms with Gasteiger partial charge in [0.15, 0.2) is 5.76 Å². The van der Waals surface area contributed by atoms with Crippen LogP contribution in [0, 0.1) is 0 Å². The van der Waals surface area contributed by atoms with Crippen molar-refractivity contribution >= 4 is 29.2 Å². The predicted molar refractivity (Wildman–Crippen MR) is 59.6 cm³/mol. The van der Waals surface area contributed by atoms with Crippen LogP contribution in [0.1, 0.15) is 10.6 Å². The molecule has 0 radical (unpaired) electrons. The molecular weight excluding hydrogens is 267 g/mol. The summed E-state index contributed by atoms with van der Waals surface area (Å²) in [4.78, 5) is 10.5. The molecule has 0 spiro atoms. The molecule has 0 atom stereocenters. The Kier molecular flexibility index (Phi) is 3.26. The maximum atomic E-state index is 10.5. The van der Waals surface area contributed by atoms with Gasteiger partial charge in [-0.1, -0.05) is 23.2 Å². The van der Waals surface area contributed by atoms with Crippen molar-refractivity contribution in [2.75, 3.05) is 0 Å². The molecule has 0 unspecified atom stereocenters. The molecule has 2 aromatic rings. The molecule has 0 amide bonds. The predicted octanol–water partition coefficient (Wildman–Crippen LogP) is 2.74. The van der Waals surface area contributed by atoms with Gasteiger partial charge in [-0.05, 0) is 24.3 Å². The summed E-state index contributed by atoms with van der Waals surface area (Å²) in [5.74, 6) is -1.36. The Bertz CT molecular complexity index is 542. The van der Waals surface area contributed by atoms with Crippen LogP contribution in [0.2, 0.25) is 10.0 Å². The van der Waals surface area contributed by atoms with Gasteiger partial charge in [0.25, 0.3) is 5.95 Å². The summed E-state index contributed by atoms with van der Waals surface area (Å²) in [6.45, 7) is 0. The first kappa shape index (κ1) is 11.8. The minimum absolute atomic E-state index is 0.0162. The lowest BCUT2D eigenvalue weighted by molar-refractivity contribution is -0.257. The number of benzene rings is 1. The summed E-state index contributed by atoms with van der Waals surface area (Å²) >= 11 is 11.5. The molecule has 0 saturated carbocycles. The SMILES string of the molecule is O=C([O-])c1ccc(Oc2cc(Cl)cc(Cl)c2)o1. The maximum absolute atomic E-state index is 10.5. The zero-order valence-corrected chi connectivity index (χ0v) is 9.79. The molecule has 1 heterocycles. The van der Waals surface area contributed by atoms with Gasteiger partial charge in [0.1, 0.15) is 11.7 Å². The summed E-state index contributed by atoms with van der Waals surface area (Å²) < 4.78 is 10.1. The molecular formula is C11H5Cl2O4-. The number of carboxylic acid groups (broad SMARTS) is 1. The molecule has 0 bridgehead atoms. The molecule has 0 aliphatic heterocycles. The topological polar surface area (TPSA) is 62.5 Å². The number of halogens is 2. The third kappa shape index (κ3) is 2.93. The van der Waals surface area contributed by atoms with Gasteiger partial charge >= 0.3 is 0 Å². The summed E-state index contributed by atoms with van der Waals surface area (Å²) in [5, 5.41) is 11.3. The number of ether oxygens (including phenoxy) is 1. The van der Waals surface area contributed by atoms with Gasteiger partial charge in [0, 0.05) is 16.1 Å². The van der Waals surface area contributed by atoms with Crippen molar-refractivity contribution in [2.45, 2.75) is 0 Å². The zero-order chi connectivity index (χ0) is 12.4. The number of carbonyl (C=O) groups is 1. The summed E-state index contributed by atoms with van der Waals surface area (Å²) in [7, 11) is 0. The Balaban J connectivity index is 2.22. The molecule has 0 aliphatic carbocycles. The van der Waals surface area contributed by atoms with Crippen LogP contribution in [0.5, 0.6) is 11.7 Å². The zero-order valence-electron chi connectivity index (χ0n) is 8.28. The van der Waals surface area contributed by atoms with Gasteiger partial charge in [-0.3, -0.25) is 0 Å². The summed E-state index contributed by atoms with van der Waals surface area (Å²) in [6.07, 6.45) is 0. The second-order valence-corrected chi connectivity index (χ2v) is 3.99. The number of rotatable bonds is 3. The quantitative estimate of drug-likeness (QED) is 0.861. The second kappa shape index (κ2) is 4.69. The fourth-order valence-corrected chi connectivity index (χ4v) is 1.69. The Morgan fingerprint density at radius 1 is 1.18 bits per heavy atom. The molecule has 4 nitrogen and oxygen atoms in total. The largest absolute Gasteiger partial charge is 0.542 e. The molecule has 1 aromatic heterocycles. The fraction of sp³-hybridized carbons (Fsp3) is 0. The van der Waals surface area contributed by atoms with E-state index >= 15 is 0 Å². The first-order chi connectivity index (χ1) is 8.04. The van der Waals surface area contributed by atoms with Crippen LogP contribution in [0.4, 0.5) is 0 Å². The fourth-order valence-electron chi connectivity index (χ4n) is 1.19. The van der Waals surface area contributed by atoms with Crippen LogP contribution in [0.15, 0.2) is 34.7 Å². The Hall–Kier alpha value is -1.65. The van der Waals surface area contributed by atoms with E-state index in [9.17, 15) is 9.90 Å². The first-order valence-corrected chi connectivity index (χ1v) is 5.25. The van der Waals surface area contributed by atoms with E-state index < -0.39 is 5.97 Å². The van der Waals surface area contributed by atoms with Gasteiger partial charge in [-0.25, -0.2) is 0 Å². The number of carbonyl (C=O) groups excluding carboxylic acids is 1. The molecule has 1 aromatic carbocycles. The molecule has 0 saturated heterocycles. The van der Waals surface area contributed by atoms with Crippen molar-refractivity contribution in [1.29, 1.82) is 0 Å². The smallest absolute Gasteiger partial charge is 0.290 e. The van der Waals surface area contributed by atoms with Crippen molar-refractivity contribution in [3.63, 3.8) is 0 Å². The normalized spacial score (nSPS) is 10.2. The van der Waals surface area contributed by atoms with Crippen LogP contribution >= 0.6 is 23.2 Å². The highest BCUT2D eigenvalue weighted by molar-refractivity contribution is 6.34. The van der Waals surface area contributed by atoms with Gasteiger partial charge < -0.3 is 19.1 Å². The molecule has 0 aliphatic rings. The van der Waals surface area contributed by atoms with Crippen LogP contribution in [-0.2, 0) is 0 Å². The number of furan rings is 1. The number of aromatic carboxylic acids is 1. The first-order valence-electron chi connectivity index (χ1n) is 4.50. The van der Waals surface area contributed by atoms with Crippen LogP contribution < -0.4 is 9.84 Å². The van der Waals surface area contributed by atoms with Crippen molar-refractivity contribution in [3.8, 4) is 11.7 Å². The van der Waals surface area contributed by atoms with Gasteiger partial charge in [0.2, 0.25) is 0 Å². The lowest BCUT2D eigenvalue weighted by Gasteiger charge is -2.03. The van der Waals surface area contributed by atoms with Gasteiger partial charge in [-0.15, -0.1) is 0 Å². The molecule has 0 N–H and O–H groups in total. The lowest BCUT2D eigenvalue weighted by atomic mass is 10.3. The Morgan fingerprint density at radius 2 is 1.82 bits per heavy atom.